The number of hydrogen-bond acceptors (Lipinski definition) is 3. The number of rotatable bonds is 3. The van der Waals surface area contributed by atoms with Gasteiger partial charge in [-0.2, -0.15) is 0 Å². The molecule has 1 saturated heterocycles. The van der Waals surface area contributed by atoms with Crippen LogP contribution in [0.4, 0.5) is 0 Å². The van der Waals surface area contributed by atoms with Gasteiger partial charge < -0.3 is 14.6 Å². The summed E-state index contributed by atoms with van der Waals surface area (Å²) in [5, 5.41) is 10.9. The Balaban J connectivity index is 1.80. The minimum Gasteiger partial charge on any atom is -0.392 e. The van der Waals surface area contributed by atoms with Gasteiger partial charge in [-0.25, -0.2) is 0 Å². The molecule has 1 atom stereocenters. The highest BCUT2D eigenvalue weighted by atomic mass is 35.5. The van der Waals surface area contributed by atoms with E-state index < -0.39 is 0 Å². The van der Waals surface area contributed by atoms with E-state index in [2.05, 4.69) is 4.90 Å². The Labute approximate surface area is 141 Å². The largest absolute Gasteiger partial charge is 0.392 e. The van der Waals surface area contributed by atoms with Crippen LogP contribution >= 0.6 is 11.6 Å². The lowest BCUT2D eigenvalue weighted by Gasteiger charge is -2.35. The van der Waals surface area contributed by atoms with Crippen molar-refractivity contribution in [3.63, 3.8) is 0 Å². The molecule has 1 aliphatic rings. The minimum atomic E-state index is -0.343. The predicted octanol–water partition coefficient (Wildman–Crippen LogP) is 1.97. The van der Waals surface area contributed by atoms with Gasteiger partial charge in [-0.15, -0.1) is 0 Å². The van der Waals surface area contributed by atoms with E-state index in [9.17, 15) is 9.90 Å². The number of carbonyl (C=O) groups excluding carboxylic acids is 1. The van der Waals surface area contributed by atoms with Crippen molar-refractivity contribution in [3.8, 4) is 0 Å². The van der Waals surface area contributed by atoms with Gasteiger partial charge in [0.25, 0.3) is 5.91 Å². The number of fused-ring (bicyclic) bond motifs is 1. The average Bonchev–Trinajstić information content (AvgIpc) is 2.79. The maximum absolute atomic E-state index is 12.9. The Hall–Kier alpha value is -1.56. The Kier molecular flexibility index (Phi) is 4.62. The highest BCUT2D eigenvalue weighted by Crippen LogP contribution is 2.30. The van der Waals surface area contributed by atoms with E-state index in [0.717, 1.165) is 24.0 Å². The van der Waals surface area contributed by atoms with Crippen LogP contribution in [-0.2, 0) is 7.05 Å². The molecular weight excluding hydrogens is 314 g/mol. The van der Waals surface area contributed by atoms with Gasteiger partial charge in [0.05, 0.1) is 11.1 Å². The Morgan fingerprint density at radius 3 is 2.52 bits per heavy atom. The standard InChI is InChI=1S/C17H22ClN3O2/c1-12(22)11-20-7-9-21(10-8-20)17(23)16-15(18)13-5-3-4-6-14(13)19(16)2/h3-6,12,22H,7-11H2,1-2H3/t12-/m1/s1. The van der Waals surface area contributed by atoms with E-state index in [-0.39, 0.29) is 12.0 Å². The zero-order chi connectivity index (χ0) is 16.6. The highest BCUT2D eigenvalue weighted by molar-refractivity contribution is 6.38. The predicted molar refractivity (Wildman–Crippen MR) is 92.0 cm³/mol. The van der Waals surface area contributed by atoms with Crippen molar-refractivity contribution in [2.45, 2.75) is 13.0 Å². The molecule has 0 bridgehead atoms. The molecule has 23 heavy (non-hydrogen) atoms. The third kappa shape index (κ3) is 3.09. The summed E-state index contributed by atoms with van der Waals surface area (Å²) in [6.45, 7) is 5.30. The summed E-state index contributed by atoms with van der Waals surface area (Å²) < 4.78 is 1.88. The fourth-order valence-electron chi connectivity index (χ4n) is 3.24. The fraction of sp³-hybridized carbons (Fsp3) is 0.471. The number of amides is 1. The number of aliphatic hydroxyl groups is 1. The van der Waals surface area contributed by atoms with E-state index in [1.165, 1.54) is 0 Å². The molecule has 2 aromatic rings. The monoisotopic (exact) mass is 335 g/mol. The summed E-state index contributed by atoms with van der Waals surface area (Å²) in [4.78, 5) is 16.9. The molecule has 1 aliphatic heterocycles. The second-order valence-corrected chi connectivity index (χ2v) is 6.56. The van der Waals surface area contributed by atoms with Crippen molar-refractivity contribution < 1.29 is 9.90 Å². The molecule has 3 rings (SSSR count). The van der Waals surface area contributed by atoms with Crippen LogP contribution in [0.15, 0.2) is 24.3 Å². The number of piperazine rings is 1. The lowest BCUT2D eigenvalue weighted by Crippen LogP contribution is -2.50. The molecule has 1 amide bonds. The van der Waals surface area contributed by atoms with Gasteiger partial charge in [0.15, 0.2) is 0 Å². The van der Waals surface area contributed by atoms with Crippen molar-refractivity contribution in [1.82, 2.24) is 14.4 Å². The molecule has 0 radical (unpaired) electrons. The van der Waals surface area contributed by atoms with Crippen LogP contribution in [-0.4, -0.2) is 64.2 Å². The number of para-hydroxylation sites is 1. The highest BCUT2D eigenvalue weighted by Gasteiger charge is 2.27. The summed E-state index contributed by atoms with van der Waals surface area (Å²) in [7, 11) is 1.88. The average molecular weight is 336 g/mol. The second kappa shape index (κ2) is 6.51. The molecular formula is C17H22ClN3O2. The van der Waals surface area contributed by atoms with E-state index in [1.54, 1.807) is 6.92 Å². The quantitative estimate of drug-likeness (QED) is 0.933. The van der Waals surface area contributed by atoms with Crippen LogP contribution in [0, 0.1) is 0 Å². The van der Waals surface area contributed by atoms with Crippen molar-refractivity contribution in [2.24, 2.45) is 7.05 Å². The Morgan fingerprint density at radius 2 is 1.91 bits per heavy atom. The minimum absolute atomic E-state index is 0.0228. The number of benzene rings is 1. The lowest BCUT2D eigenvalue weighted by atomic mass is 10.2. The zero-order valence-electron chi connectivity index (χ0n) is 13.5. The number of halogens is 1. The first-order valence-electron chi connectivity index (χ1n) is 7.91. The van der Waals surface area contributed by atoms with Crippen molar-refractivity contribution in [2.75, 3.05) is 32.7 Å². The van der Waals surface area contributed by atoms with Crippen LogP contribution in [0.5, 0.6) is 0 Å². The van der Waals surface area contributed by atoms with Crippen molar-refractivity contribution >= 4 is 28.4 Å². The maximum Gasteiger partial charge on any atom is 0.272 e. The van der Waals surface area contributed by atoms with E-state index in [4.69, 9.17) is 11.6 Å². The Morgan fingerprint density at radius 1 is 1.26 bits per heavy atom. The number of carbonyl (C=O) groups is 1. The Bertz CT molecular complexity index is 679. The SMILES string of the molecule is C[C@@H](O)CN1CCN(C(=O)c2c(Cl)c3ccccc3n2C)CC1. The third-order valence-corrected chi connectivity index (χ3v) is 4.81. The summed E-state index contributed by atoms with van der Waals surface area (Å²) in [5.74, 6) is -0.0228. The maximum atomic E-state index is 12.9. The topological polar surface area (TPSA) is 48.7 Å². The van der Waals surface area contributed by atoms with Crippen LogP contribution < -0.4 is 0 Å². The van der Waals surface area contributed by atoms with Gasteiger partial charge in [0.1, 0.15) is 5.69 Å². The third-order valence-electron chi connectivity index (χ3n) is 4.43. The number of aromatic nitrogens is 1. The van der Waals surface area contributed by atoms with E-state index >= 15 is 0 Å². The molecule has 0 aliphatic carbocycles. The molecule has 5 nitrogen and oxygen atoms in total. The molecule has 1 fully saturated rings. The van der Waals surface area contributed by atoms with Gasteiger partial charge >= 0.3 is 0 Å². The number of nitrogens with zero attached hydrogens (tertiary/aromatic N) is 3. The number of hydrogen-bond donors (Lipinski definition) is 1. The van der Waals surface area contributed by atoms with Crippen LogP contribution in [0.2, 0.25) is 5.02 Å². The smallest absolute Gasteiger partial charge is 0.272 e. The fourth-order valence-corrected chi connectivity index (χ4v) is 3.61. The number of β-amino-alcohol motifs (C(OH)–C–C–N with tert-alkyl or cyclic N) is 1. The van der Waals surface area contributed by atoms with Crippen LogP contribution in [0.1, 0.15) is 17.4 Å². The molecule has 124 valence electrons. The molecule has 1 N–H and O–H groups in total. The van der Waals surface area contributed by atoms with Gasteiger partial charge in [-0.05, 0) is 13.0 Å². The van der Waals surface area contributed by atoms with E-state index in [0.29, 0.717) is 30.4 Å². The van der Waals surface area contributed by atoms with Gasteiger partial charge in [-0.3, -0.25) is 9.69 Å². The van der Waals surface area contributed by atoms with Gasteiger partial charge in [-0.1, -0.05) is 29.8 Å². The molecule has 1 aromatic heterocycles. The second-order valence-electron chi connectivity index (χ2n) is 6.18. The van der Waals surface area contributed by atoms with Crippen molar-refractivity contribution in [1.29, 1.82) is 0 Å². The lowest BCUT2D eigenvalue weighted by molar-refractivity contribution is 0.0547. The molecule has 6 heteroatoms. The summed E-state index contributed by atoms with van der Waals surface area (Å²) in [5.41, 5.74) is 1.52. The molecule has 2 heterocycles. The van der Waals surface area contributed by atoms with Crippen LogP contribution in [0.25, 0.3) is 10.9 Å². The van der Waals surface area contributed by atoms with E-state index in [1.807, 2.05) is 40.8 Å². The van der Waals surface area contributed by atoms with Crippen molar-refractivity contribution in [3.05, 3.63) is 35.0 Å². The normalized spacial score (nSPS) is 17.7. The molecule has 0 spiro atoms. The van der Waals surface area contributed by atoms with Gasteiger partial charge in [0, 0.05) is 50.7 Å². The summed E-state index contributed by atoms with van der Waals surface area (Å²) >= 11 is 6.46. The molecule has 1 aromatic carbocycles. The molecule has 0 saturated carbocycles. The first-order chi connectivity index (χ1) is 11.0. The zero-order valence-corrected chi connectivity index (χ0v) is 14.3. The van der Waals surface area contributed by atoms with Crippen LogP contribution in [0.3, 0.4) is 0 Å². The summed E-state index contributed by atoms with van der Waals surface area (Å²) in [6, 6.07) is 7.78. The first-order valence-corrected chi connectivity index (χ1v) is 8.29. The number of aryl methyl sites for hydroxylation is 1. The number of aliphatic hydroxyl groups excluding tert-OH is 1. The molecule has 0 unspecified atom stereocenters. The van der Waals surface area contributed by atoms with Gasteiger partial charge in [0.2, 0.25) is 0 Å². The first kappa shape index (κ1) is 16.3. The summed E-state index contributed by atoms with van der Waals surface area (Å²) in [6.07, 6.45) is -0.343.